The summed E-state index contributed by atoms with van der Waals surface area (Å²) in [5, 5.41) is 19.4. The molecule has 0 radical (unpaired) electrons. The van der Waals surface area contributed by atoms with Gasteiger partial charge in [0.25, 0.3) is 5.91 Å². The van der Waals surface area contributed by atoms with Gasteiger partial charge in [0.2, 0.25) is 0 Å². The van der Waals surface area contributed by atoms with Crippen LogP contribution in [0, 0.1) is 6.92 Å². The second kappa shape index (κ2) is 5.61. The van der Waals surface area contributed by atoms with Gasteiger partial charge < -0.3 is 10.2 Å². The molecular weight excluding hydrogens is 294 g/mol. The van der Waals surface area contributed by atoms with Crippen LogP contribution in [-0.4, -0.2) is 26.7 Å². The van der Waals surface area contributed by atoms with E-state index < -0.39 is 5.97 Å². The van der Waals surface area contributed by atoms with Crippen LogP contribution in [0.25, 0.3) is 10.9 Å². The second-order valence-corrected chi connectivity index (χ2v) is 5.34. The maximum Gasteiger partial charge on any atom is 0.307 e. The van der Waals surface area contributed by atoms with Crippen molar-refractivity contribution >= 4 is 22.8 Å². The first-order valence-corrected chi connectivity index (χ1v) is 7.13. The number of carbonyl (C=O) groups is 2. The third kappa shape index (κ3) is 2.57. The summed E-state index contributed by atoms with van der Waals surface area (Å²) >= 11 is 0. The molecule has 0 atom stereocenters. The standard InChI is InChI=1S/C18H15NO4/c1-11-14(10-17(21)22)15-9-13(20)7-8-16(15)19(11)18(23)12-5-3-2-4-6-12/h2-9,20H,10H2,1H3,(H,21,22). The van der Waals surface area contributed by atoms with Crippen molar-refractivity contribution in [2.24, 2.45) is 0 Å². The number of nitrogens with zero attached hydrogens (tertiary/aromatic N) is 1. The minimum Gasteiger partial charge on any atom is -0.508 e. The van der Waals surface area contributed by atoms with Crippen molar-refractivity contribution in [3.8, 4) is 5.75 Å². The first-order valence-electron chi connectivity index (χ1n) is 7.13. The number of aromatic hydroxyl groups is 1. The lowest BCUT2D eigenvalue weighted by atomic mass is 10.1. The fourth-order valence-corrected chi connectivity index (χ4v) is 2.82. The van der Waals surface area contributed by atoms with Crippen molar-refractivity contribution in [1.82, 2.24) is 4.57 Å². The fourth-order valence-electron chi connectivity index (χ4n) is 2.82. The Kier molecular flexibility index (Phi) is 3.62. The Morgan fingerprint density at radius 1 is 1.09 bits per heavy atom. The Morgan fingerprint density at radius 3 is 2.43 bits per heavy atom. The van der Waals surface area contributed by atoms with Crippen LogP contribution in [0.2, 0.25) is 0 Å². The molecule has 0 unspecified atom stereocenters. The first kappa shape index (κ1) is 14.8. The molecule has 3 aromatic rings. The molecule has 2 aromatic carbocycles. The van der Waals surface area contributed by atoms with Crippen LogP contribution in [-0.2, 0) is 11.2 Å². The summed E-state index contributed by atoms with van der Waals surface area (Å²) in [5.41, 5.74) is 2.21. The maximum atomic E-state index is 12.8. The Morgan fingerprint density at radius 2 is 1.78 bits per heavy atom. The van der Waals surface area contributed by atoms with Crippen LogP contribution in [0.4, 0.5) is 0 Å². The number of phenolic OH excluding ortho intramolecular Hbond substituents is 1. The molecule has 116 valence electrons. The van der Waals surface area contributed by atoms with Crippen LogP contribution in [0.15, 0.2) is 48.5 Å². The molecule has 0 aliphatic carbocycles. The van der Waals surface area contributed by atoms with Gasteiger partial charge in [-0.25, -0.2) is 0 Å². The number of aliphatic carboxylic acids is 1. The van der Waals surface area contributed by atoms with E-state index in [1.165, 1.54) is 16.7 Å². The fraction of sp³-hybridized carbons (Fsp3) is 0.111. The zero-order valence-electron chi connectivity index (χ0n) is 12.5. The molecule has 0 aliphatic rings. The number of carboxylic acids is 1. The number of aromatic nitrogens is 1. The molecule has 0 fully saturated rings. The van der Waals surface area contributed by atoms with Crippen molar-refractivity contribution in [1.29, 1.82) is 0 Å². The zero-order chi connectivity index (χ0) is 16.6. The first-order chi connectivity index (χ1) is 11.0. The van der Waals surface area contributed by atoms with Gasteiger partial charge in [-0.15, -0.1) is 0 Å². The van der Waals surface area contributed by atoms with Crippen LogP contribution >= 0.6 is 0 Å². The Labute approximate surface area is 132 Å². The summed E-state index contributed by atoms with van der Waals surface area (Å²) in [6.45, 7) is 1.72. The number of fused-ring (bicyclic) bond motifs is 1. The van der Waals surface area contributed by atoms with E-state index in [1.54, 1.807) is 37.3 Å². The van der Waals surface area contributed by atoms with Crippen LogP contribution in [0.3, 0.4) is 0 Å². The van der Waals surface area contributed by atoms with Gasteiger partial charge in [-0.3, -0.25) is 14.2 Å². The quantitative estimate of drug-likeness (QED) is 0.779. The lowest BCUT2D eigenvalue weighted by molar-refractivity contribution is -0.136. The van der Waals surface area contributed by atoms with E-state index in [-0.39, 0.29) is 18.1 Å². The minimum absolute atomic E-state index is 0.0356. The number of rotatable bonds is 3. The third-order valence-corrected chi connectivity index (χ3v) is 3.87. The Hall–Kier alpha value is -3.08. The van der Waals surface area contributed by atoms with Crippen molar-refractivity contribution in [2.45, 2.75) is 13.3 Å². The second-order valence-electron chi connectivity index (χ2n) is 5.34. The molecule has 5 nitrogen and oxygen atoms in total. The number of carboxylic acid groups (broad SMARTS) is 1. The van der Waals surface area contributed by atoms with E-state index in [0.717, 1.165) is 0 Å². The van der Waals surface area contributed by atoms with Crippen LogP contribution in [0.5, 0.6) is 5.75 Å². The third-order valence-electron chi connectivity index (χ3n) is 3.87. The summed E-state index contributed by atoms with van der Waals surface area (Å²) in [7, 11) is 0. The lowest BCUT2D eigenvalue weighted by Gasteiger charge is -2.07. The highest BCUT2D eigenvalue weighted by Crippen LogP contribution is 2.30. The van der Waals surface area contributed by atoms with Crippen molar-refractivity contribution in [3.05, 3.63) is 65.4 Å². The number of hydrogen-bond acceptors (Lipinski definition) is 3. The Bertz CT molecular complexity index is 910. The molecule has 1 aromatic heterocycles. The minimum atomic E-state index is -0.984. The van der Waals surface area contributed by atoms with Crippen molar-refractivity contribution in [2.75, 3.05) is 0 Å². The number of benzene rings is 2. The van der Waals surface area contributed by atoms with Gasteiger partial charge in [0.15, 0.2) is 0 Å². The molecule has 2 N–H and O–H groups in total. The molecule has 23 heavy (non-hydrogen) atoms. The van der Waals surface area contributed by atoms with Crippen LogP contribution < -0.4 is 0 Å². The molecule has 3 rings (SSSR count). The molecule has 0 aliphatic heterocycles. The number of phenols is 1. The average Bonchev–Trinajstić information content (AvgIpc) is 2.79. The van der Waals surface area contributed by atoms with E-state index in [2.05, 4.69) is 0 Å². The molecular formula is C18H15NO4. The highest BCUT2D eigenvalue weighted by atomic mass is 16.4. The molecule has 0 saturated heterocycles. The molecule has 5 heteroatoms. The van der Waals surface area contributed by atoms with Gasteiger partial charge in [0.1, 0.15) is 5.75 Å². The summed E-state index contributed by atoms with van der Waals surface area (Å²) in [6, 6.07) is 13.4. The van der Waals surface area contributed by atoms with Gasteiger partial charge >= 0.3 is 5.97 Å². The average molecular weight is 309 g/mol. The van der Waals surface area contributed by atoms with Crippen LogP contribution in [0.1, 0.15) is 21.6 Å². The van der Waals surface area contributed by atoms with Crippen molar-refractivity contribution < 1.29 is 19.8 Å². The number of hydrogen-bond donors (Lipinski definition) is 2. The lowest BCUT2D eigenvalue weighted by Crippen LogP contribution is -2.14. The SMILES string of the molecule is Cc1c(CC(=O)O)c2cc(O)ccc2n1C(=O)c1ccccc1. The molecule has 0 saturated carbocycles. The van der Waals surface area contributed by atoms with Gasteiger partial charge in [-0.2, -0.15) is 0 Å². The van der Waals surface area contributed by atoms with Gasteiger partial charge in [0.05, 0.1) is 11.9 Å². The highest BCUT2D eigenvalue weighted by Gasteiger charge is 2.21. The molecule has 1 heterocycles. The van der Waals surface area contributed by atoms with Crippen molar-refractivity contribution in [3.63, 3.8) is 0 Å². The van der Waals surface area contributed by atoms with E-state index in [9.17, 15) is 14.7 Å². The predicted octanol–water partition coefficient (Wildman–Crippen LogP) is 2.97. The summed E-state index contributed by atoms with van der Waals surface area (Å²) < 4.78 is 1.50. The Balaban J connectivity index is 2.27. The normalized spacial score (nSPS) is 10.8. The summed E-state index contributed by atoms with van der Waals surface area (Å²) in [4.78, 5) is 24.0. The van der Waals surface area contributed by atoms with E-state index in [4.69, 9.17) is 5.11 Å². The van der Waals surface area contributed by atoms with Gasteiger partial charge in [-0.05, 0) is 42.8 Å². The summed E-state index contributed by atoms with van der Waals surface area (Å²) in [6.07, 6.45) is -0.207. The number of carbonyl (C=O) groups excluding carboxylic acids is 1. The molecule has 0 spiro atoms. The van der Waals surface area contributed by atoms with Gasteiger partial charge in [-0.1, -0.05) is 18.2 Å². The molecule has 0 amide bonds. The molecule has 0 bridgehead atoms. The maximum absolute atomic E-state index is 12.8. The smallest absolute Gasteiger partial charge is 0.307 e. The monoisotopic (exact) mass is 309 g/mol. The highest BCUT2D eigenvalue weighted by molar-refractivity contribution is 6.04. The topological polar surface area (TPSA) is 79.5 Å². The predicted molar refractivity (Wildman–Crippen MR) is 85.9 cm³/mol. The largest absolute Gasteiger partial charge is 0.508 e. The van der Waals surface area contributed by atoms with Gasteiger partial charge in [0, 0.05) is 16.6 Å². The zero-order valence-corrected chi connectivity index (χ0v) is 12.5. The van der Waals surface area contributed by atoms with E-state index in [1.807, 2.05) is 6.07 Å². The van der Waals surface area contributed by atoms with E-state index >= 15 is 0 Å². The van der Waals surface area contributed by atoms with E-state index in [0.29, 0.717) is 27.7 Å². The summed E-state index contributed by atoms with van der Waals surface area (Å²) in [5.74, 6) is -1.17.